The van der Waals surface area contributed by atoms with Crippen LogP contribution in [0.15, 0.2) is 90.3 Å². The molecule has 169 valence electrons. The second-order valence-electron chi connectivity index (χ2n) is 6.25. The minimum Gasteiger partial charge on any atom is -0.278 e. The number of quaternary nitrogens is 1. The summed E-state index contributed by atoms with van der Waals surface area (Å²) in [6, 6.07) is 24.2. The SMILES string of the molecule is C1=N[NH2+]c2ccccc21.[Cl][Ru-]([Cl])([Cl])[Cl].c1ccc2[nH]ncc2c1.c1ccc2[nH]ncc2c1. The summed E-state index contributed by atoms with van der Waals surface area (Å²) in [7, 11) is 17.0. The van der Waals surface area contributed by atoms with E-state index in [0.717, 1.165) is 21.8 Å². The maximum atomic E-state index is 5.00. The topological polar surface area (TPSA) is 86.3 Å². The number of rotatable bonds is 0. The van der Waals surface area contributed by atoms with E-state index >= 15 is 0 Å². The van der Waals surface area contributed by atoms with Crippen LogP contribution in [0.5, 0.6) is 0 Å². The van der Waals surface area contributed by atoms with Crippen molar-refractivity contribution in [1.82, 2.24) is 20.4 Å². The molecule has 4 N–H and O–H groups in total. The van der Waals surface area contributed by atoms with E-state index in [1.807, 2.05) is 84.7 Å². The number of aromatic amines is 2. The minimum atomic E-state index is -2.97. The van der Waals surface area contributed by atoms with Crippen LogP contribution in [0.3, 0.4) is 0 Å². The van der Waals surface area contributed by atoms with Crippen molar-refractivity contribution < 1.29 is 16.2 Å². The molecule has 0 saturated heterocycles. The van der Waals surface area contributed by atoms with Crippen LogP contribution in [0, 0.1) is 0 Å². The van der Waals surface area contributed by atoms with Crippen molar-refractivity contribution in [1.29, 1.82) is 0 Å². The standard InChI is InChI=1S/3C7H6N2.4ClH.Ru/c3*1-2-4-7-6(3-1)5-8-9-7;;;;;/h3*1-5H,(H,8,9);4*1H;/q;;;;;;;+3/p-3. The average Bonchev–Trinajstić information content (AvgIpc) is 3.53. The van der Waals surface area contributed by atoms with Gasteiger partial charge < -0.3 is 0 Å². The van der Waals surface area contributed by atoms with Crippen LogP contribution in [-0.2, 0) is 10.8 Å². The number of nitrogens with zero attached hydrogens (tertiary/aromatic N) is 3. The molecule has 0 aliphatic carbocycles. The van der Waals surface area contributed by atoms with Gasteiger partial charge in [-0.15, -0.1) is 0 Å². The Morgan fingerprint density at radius 3 is 1.62 bits per heavy atom. The van der Waals surface area contributed by atoms with E-state index in [0.29, 0.717) is 0 Å². The Morgan fingerprint density at radius 2 is 1.12 bits per heavy atom. The first-order valence-electron chi connectivity index (χ1n) is 9.15. The van der Waals surface area contributed by atoms with E-state index < -0.39 is 10.8 Å². The van der Waals surface area contributed by atoms with Gasteiger partial charge in [0.05, 0.1) is 35.2 Å². The molecule has 0 radical (unpaired) electrons. The van der Waals surface area contributed by atoms with E-state index in [2.05, 4.69) is 37.6 Å². The molecule has 0 fully saturated rings. The summed E-state index contributed by atoms with van der Waals surface area (Å²) in [4.78, 5) is 0. The van der Waals surface area contributed by atoms with Crippen LogP contribution >= 0.6 is 38.8 Å². The fourth-order valence-corrected chi connectivity index (χ4v) is 2.71. The second kappa shape index (κ2) is 12.3. The molecule has 0 spiro atoms. The van der Waals surface area contributed by atoms with Gasteiger partial charge in [-0.3, -0.25) is 10.2 Å². The molecule has 0 bridgehead atoms. The van der Waals surface area contributed by atoms with Crippen molar-refractivity contribution in [2.75, 3.05) is 0 Å². The largest absolute Gasteiger partial charge is 0.278 e. The van der Waals surface area contributed by atoms with Gasteiger partial charge in [-0.1, -0.05) is 53.6 Å². The maximum Gasteiger partial charge on any atom is 0.0650 e. The molecule has 6 rings (SSSR count). The number of fused-ring (bicyclic) bond motifs is 3. The number of halogens is 4. The minimum absolute atomic E-state index is 1.09. The summed E-state index contributed by atoms with van der Waals surface area (Å²) in [5, 5.41) is 19.8. The Kier molecular flexibility index (Phi) is 9.48. The zero-order valence-corrected chi connectivity index (χ0v) is 21.2. The van der Waals surface area contributed by atoms with Gasteiger partial charge in [0, 0.05) is 16.8 Å². The maximum absolute atomic E-state index is 5.00. The average molecular weight is 598 g/mol. The first kappa shape index (κ1) is 24.7. The number of H-pyrrole nitrogens is 2. The number of nitrogens with one attached hydrogen (secondary N) is 2. The quantitative estimate of drug-likeness (QED) is 0.114. The zero-order chi connectivity index (χ0) is 22.8. The van der Waals surface area contributed by atoms with E-state index in [-0.39, 0.29) is 0 Å². The Labute approximate surface area is 203 Å². The normalized spacial score (nSPS) is 12.0. The third kappa shape index (κ3) is 8.51. The molecular weight excluding hydrogens is 579 g/mol. The van der Waals surface area contributed by atoms with Gasteiger partial charge >= 0.3 is 49.6 Å². The summed E-state index contributed by atoms with van der Waals surface area (Å²) in [6.07, 6.45) is 5.50. The molecular formula is C21H19Cl4N6Ru. The van der Waals surface area contributed by atoms with E-state index in [9.17, 15) is 0 Å². The second-order valence-corrected chi connectivity index (χ2v) is 22.1. The molecule has 1 aliphatic rings. The molecule has 3 heterocycles. The van der Waals surface area contributed by atoms with E-state index in [4.69, 9.17) is 38.8 Å². The van der Waals surface area contributed by atoms with Gasteiger partial charge in [0.2, 0.25) is 0 Å². The van der Waals surface area contributed by atoms with Crippen molar-refractivity contribution in [3.05, 3.63) is 90.8 Å². The Bertz CT molecular complexity index is 1150. The molecule has 6 nitrogen and oxygen atoms in total. The fraction of sp³-hybridized carbons (Fsp3) is 0. The molecule has 32 heavy (non-hydrogen) atoms. The fourth-order valence-electron chi connectivity index (χ4n) is 2.71. The van der Waals surface area contributed by atoms with Crippen molar-refractivity contribution in [3.63, 3.8) is 0 Å². The van der Waals surface area contributed by atoms with Gasteiger partial charge in [0.1, 0.15) is 0 Å². The molecule has 5 aromatic rings. The number of hydrogen-bond donors (Lipinski definition) is 3. The van der Waals surface area contributed by atoms with Crippen molar-refractivity contribution in [3.8, 4) is 0 Å². The van der Waals surface area contributed by atoms with Gasteiger partial charge in [0.25, 0.3) is 0 Å². The summed E-state index contributed by atoms with van der Waals surface area (Å²) >= 11 is 0. The molecule has 1 aliphatic heterocycles. The monoisotopic (exact) mass is 597 g/mol. The van der Waals surface area contributed by atoms with Crippen molar-refractivity contribution in [2.24, 2.45) is 5.10 Å². The molecule has 11 heteroatoms. The van der Waals surface area contributed by atoms with Gasteiger partial charge in [-0.25, -0.2) is 0 Å². The number of para-hydroxylation sites is 2. The molecule has 0 amide bonds. The van der Waals surface area contributed by atoms with Crippen LogP contribution in [0.4, 0.5) is 5.69 Å². The smallest absolute Gasteiger partial charge is 0.0650 e. The summed E-state index contributed by atoms with van der Waals surface area (Å²) in [6.45, 7) is 0. The number of benzene rings is 3. The molecule has 0 unspecified atom stereocenters. The van der Waals surface area contributed by atoms with Crippen LogP contribution < -0.4 is 5.43 Å². The summed E-state index contributed by atoms with van der Waals surface area (Å²) in [5.41, 5.74) is 6.50. The molecule has 2 aromatic heterocycles. The summed E-state index contributed by atoms with van der Waals surface area (Å²) in [5.74, 6) is 0. The molecule has 0 saturated carbocycles. The van der Waals surface area contributed by atoms with Gasteiger partial charge in [-0.2, -0.15) is 15.6 Å². The predicted molar refractivity (Wildman–Crippen MR) is 131 cm³/mol. The number of aromatic nitrogens is 4. The first-order chi connectivity index (χ1) is 15.4. The number of nitrogens with two attached hydrogens (primary N) is 1. The predicted octanol–water partition coefficient (Wildman–Crippen LogP) is 6.11. The summed E-state index contributed by atoms with van der Waals surface area (Å²) < 4.78 is 0. The molecule has 3 aromatic carbocycles. The Balaban J connectivity index is 0.000000123. The number of hydrogen-bond acceptors (Lipinski definition) is 3. The van der Waals surface area contributed by atoms with Crippen molar-refractivity contribution in [2.45, 2.75) is 0 Å². The zero-order valence-electron chi connectivity index (χ0n) is 16.4. The van der Waals surface area contributed by atoms with Crippen LogP contribution in [0.2, 0.25) is 0 Å². The third-order valence-electron chi connectivity index (χ3n) is 4.12. The van der Waals surface area contributed by atoms with Crippen LogP contribution in [0.1, 0.15) is 5.56 Å². The molecule has 0 atom stereocenters. The van der Waals surface area contributed by atoms with E-state index in [1.165, 1.54) is 11.3 Å². The van der Waals surface area contributed by atoms with Crippen LogP contribution in [-0.4, -0.2) is 26.6 Å². The first-order valence-corrected chi connectivity index (χ1v) is 18.1. The van der Waals surface area contributed by atoms with Crippen LogP contribution in [0.25, 0.3) is 21.8 Å². The third-order valence-corrected chi connectivity index (χ3v) is 4.12. The van der Waals surface area contributed by atoms with Crippen molar-refractivity contribution >= 4 is 72.5 Å². The Hall–Kier alpha value is -1.99. The Morgan fingerprint density at radius 1 is 0.656 bits per heavy atom. The van der Waals surface area contributed by atoms with Gasteiger partial charge in [-0.05, 0) is 18.2 Å². The van der Waals surface area contributed by atoms with Gasteiger partial charge in [0.15, 0.2) is 5.69 Å². The van der Waals surface area contributed by atoms with E-state index in [1.54, 1.807) is 0 Å².